The number of nitrogens with zero attached hydrogens (tertiary/aromatic N) is 3. The topological polar surface area (TPSA) is 77.5 Å². The van der Waals surface area contributed by atoms with E-state index >= 15 is 0 Å². The lowest BCUT2D eigenvalue weighted by Gasteiger charge is -2.35. The first kappa shape index (κ1) is 15.7. The molecule has 0 bridgehead atoms. The van der Waals surface area contributed by atoms with Gasteiger partial charge < -0.3 is 0 Å². The third kappa shape index (κ3) is 2.84. The molecule has 1 aromatic rings. The smallest absolute Gasteiger partial charge is 0.159 e. The maximum Gasteiger partial charge on any atom is 0.159 e. The standard InChI is InChI=1S/C16H19N3OS/c1-16(2,3)10-5-6-13-11(7-10)15(21(4)20)12(8-17)14(9-18)19-13/h10H,5-7H2,1-4H3. The third-order valence-electron chi connectivity index (χ3n) is 4.24. The van der Waals surface area contributed by atoms with Crippen molar-refractivity contribution in [3.05, 3.63) is 22.5 Å². The van der Waals surface area contributed by atoms with Crippen LogP contribution in [0.3, 0.4) is 0 Å². The van der Waals surface area contributed by atoms with Gasteiger partial charge in [-0.3, -0.25) is 4.21 Å². The molecule has 1 aliphatic rings. The average molecular weight is 301 g/mol. The van der Waals surface area contributed by atoms with Crippen molar-refractivity contribution in [2.75, 3.05) is 6.26 Å². The minimum atomic E-state index is -1.30. The Hall–Kier alpha value is -1.72. The van der Waals surface area contributed by atoms with Crippen LogP contribution in [-0.2, 0) is 23.6 Å². The fraction of sp³-hybridized carbons (Fsp3) is 0.562. The highest BCUT2D eigenvalue weighted by molar-refractivity contribution is 7.84. The molecule has 0 N–H and O–H groups in total. The highest BCUT2D eigenvalue weighted by Crippen LogP contribution is 2.39. The molecule has 110 valence electrons. The van der Waals surface area contributed by atoms with Crippen LogP contribution in [0, 0.1) is 34.0 Å². The van der Waals surface area contributed by atoms with Gasteiger partial charge in [-0.15, -0.1) is 0 Å². The molecule has 0 saturated carbocycles. The summed E-state index contributed by atoms with van der Waals surface area (Å²) in [4.78, 5) is 4.87. The van der Waals surface area contributed by atoms with Gasteiger partial charge in [0.05, 0.1) is 15.7 Å². The normalized spacial score (nSPS) is 19.2. The minimum absolute atomic E-state index is 0.107. The number of fused-ring (bicyclic) bond motifs is 1. The van der Waals surface area contributed by atoms with Gasteiger partial charge in [0.15, 0.2) is 5.69 Å². The van der Waals surface area contributed by atoms with Crippen molar-refractivity contribution in [2.45, 2.75) is 44.9 Å². The number of aryl methyl sites for hydroxylation is 1. The lowest BCUT2D eigenvalue weighted by atomic mass is 9.71. The highest BCUT2D eigenvalue weighted by Gasteiger charge is 2.33. The van der Waals surface area contributed by atoms with Crippen molar-refractivity contribution >= 4 is 10.8 Å². The molecule has 0 radical (unpaired) electrons. The zero-order valence-electron chi connectivity index (χ0n) is 12.9. The number of aromatic nitrogens is 1. The van der Waals surface area contributed by atoms with E-state index in [1.807, 2.05) is 12.1 Å². The quantitative estimate of drug-likeness (QED) is 0.799. The summed E-state index contributed by atoms with van der Waals surface area (Å²) in [6, 6.07) is 3.99. The number of hydrogen-bond donors (Lipinski definition) is 0. The average Bonchev–Trinajstić information content (AvgIpc) is 2.42. The Balaban J connectivity index is 2.67. The van der Waals surface area contributed by atoms with Crippen LogP contribution in [0.15, 0.2) is 4.90 Å². The summed E-state index contributed by atoms with van der Waals surface area (Å²) < 4.78 is 12.1. The molecule has 2 rings (SSSR count). The van der Waals surface area contributed by atoms with Gasteiger partial charge in [0.1, 0.15) is 17.7 Å². The molecule has 21 heavy (non-hydrogen) atoms. The highest BCUT2D eigenvalue weighted by atomic mass is 32.2. The molecular formula is C16H19N3OS. The van der Waals surface area contributed by atoms with E-state index in [4.69, 9.17) is 0 Å². The van der Waals surface area contributed by atoms with Crippen molar-refractivity contribution in [3.8, 4) is 12.1 Å². The Morgan fingerprint density at radius 1 is 1.29 bits per heavy atom. The zero-order valence-corrected chi connectivity index (χ0v) is 13.7. The molecule has 0 spiro atoms. The maximum absolute atomic E-state index is 12.1. The molecule has 0 saturated heterocycles. The van der Waals surface area contributed by atoms with E-state index in [0.29, 0.717) is 10.8 Å². The first-order valence-corrected chi connectivity index (χ1v) is 8.54. The Kier molecular flexibility index (Phi) is 4.16. The SMILES string of the molecule is CS(=O)c1c(C#N)c(C#N)nc2c1CC(C(C)(C)C)CC2. The van der Waals surface area contributed by atoms with Gasteiger partial charge in [-0.05, 0) is 36.2 Å². The van der Waals surface area contributed by atoms with Gasteiger partial charge in [0.2, 0.25) is 0 Å². The molecule has 2 unspecified atom stereocenters. The first-order chi connectivity index (χ1) is 9.79. The van der Waals surface area contributed by atoms with Gasteiger partial charge in [0, 0.05) is 11.9 Å². The van der Waals surface area contributed by atoms with Gasteiger partial charge in [-0.1, -0.05) is 20.8 Å². The zero-order chi connectivity index (χ0) is 15.8. The van der Waals surface area contributed by atoms with Gasteiger partial charge in [-0.25, -0.2) is 4.98 Å². The molecule has 4 nitrogen and oxygen atoms in total. The summed E-state index contributed by atoms with van der Waals surface area (Å²) in [5.74, 6) is 0.466. The summed E-state index contributed by atoms with van der Waals surface area (Å²) in [5, 5.41) is 18.5. The van der Waals surface area contributed by atoms with E-state index in [0.717, 1.165) is 30.5 Å². The van der Waals surface area contributed by atoms with Crippen molar-refractivity contribution in [3.63, 3.8) is 0 Å². The summed E-state index contributed by atoms with van der Waals surface area (Å²) in [6.07, 6.45) is 4.14. The number of hydrogen-bond acceptors (Lipinski definition) is 4. The monoisotopic (exact) mass is 301 g/mol. The Morgan fingerprint density at radius 3 is 2.43 bits per heavy atom. The largest absolute Gasteiger partial charge is 0.255 e. The fourth-order valence-corrected chi connectivity index (χ4v) is 3.94. The molecule has 0 fully saturated rings. The van der Waals surface area contributed by atoms with Crippen LogP contribution in [-0.4, -0.2) is 15.4 Å². The van der Waals surface area contributed by atoms with Crippen molar-refractivity contribution in [1.82, 2.24) is 4.98 Å². The number of pyridine rings is 1. The van der Waals surface area contributed by atoms with Gasteiger partial charge in [-0.2, -0.15) is 10.5 Å². The van der Waals surface area contributed by atoms with E-state index in [-0.39, 0.29) is 16.7 Å². The minimum Gasteiger partial charge on any atom is -0.255 e. The first-order valence-electron chi connectivity index (χ1n) is 6.99. The lowest BCUT2D eigenvalue weighted by Crippen LogP contribution is -2.29. The Labute approximate surface area is 128 Å². The Bertz CT molecular complexity index is 689. The van der Waals surface area contributed by atoms with Crippen molar-refractivity contribution in [1.29, 1.82) is 10.5 Å². The van der Waals surface area contributed by atoms with Crippen molar-refractivity contribution < 1.29 is 4.21 Å². The summed E-state index contributed by atoms with van der Waals surface area (Å²) >= 11 is 0. The van der Waals surface area contributed by atoms with Crippen LogP contribution in [0.1, 0.15) is 49.7 Å². The van der Waals surface area contributed by atoms with Crippen molar-refractivity contribution in [2.24, 2.45) is 11.3 Å². The number of nitriles is 2. The van der Waals surface area contributed by atoms with Crippen LogP contribution in [0.2, 0.25) is 0 Å². The second-order valence-electron chi connectivity index (χ2n) is 6.57. The molecule has 1 heterocycles. The summed E-state index contributed by atoms with van der Waals surface area (Å²) in [5.41, 5.74) is 2.22. The molecule has 1 aromatic heterocycles. The van der Waals surface area contributed by atoms with Crippen LogP contribution in [0.4, 0.5) is 0 Å². The molecule has 0 aliphatic heterocycles. The van der Waals surface area contributed by atoms with Gasteiger partial charge >= 0.3 is 0 Å². The second kappa shape index (κ2) is 5.58. The van der Waals surface area contributed by atoms with E-state index in [1.165, 1.54) is 0 Å². The van der Waals surface area contributed by atoms with Crippen LogP contribution in [0.25, 0.3) is 0 Å². The van der Waals surface area contributed by atoms with E-state index in [1.54, 1.807) is 6.26 Å². The Morgan fingerprint density at radius 2 is 1.95 bits per heavy atom. The van der Waals surface area contributed by atoms with Crippen LogP contribution >= 0.6 is 0 Å². The number of rotatable bonds is 1. The summed E-state index contributed by atoms with van der Waals surface area (Å²) in [7, 11) is -1.30. The fourth-order valence-electron chi connectivity index (χ4n) is 2.97. The van der Waals surface area contributed by atoms with Crippen LogP contribution in [0.5, 0.6) is 0 Å². The molecule has 0 aromatic carbocycles. The van der Waals surface area contributed by atoms with Crippen LogP contribution < -0.4 is 0 Å². The van der Waals surface area contributed by atoms with Gasteiger partial charge in [0.25, 0.3) is 0 Å². The summed E-state index contributed by atoms with van der Waals surface area (Å²) in [6.45, 7) is 6.61. The second-order valence-corrected chi connectivity index (χ2v) is 7.89. The third-order valence-corrected chi connectivity index (χ3v) is 5.27. The molecule has 1 aliphatic carbocycles. The van der Waals surface area contributed by atoms with E-state index in [2.05, 4.69) is 25.8 Å². The molecule has 5 heteroatoms. The predicted molar refractivity (Wildman–Crippen MR) is 81.0 cm³/mol. The molecular weight excluding hydrogens is 282 g/mol. The molecule has 0 amide bonds. The molecule has 2 atom stereocenters. The van der Waals surface area contributed by atoms with E-state index in [9.17, 15) is 14.7 Å². The lowest BCUT2D eigenvalue weighted by molar-refractivity contribution is 0.213. The van der Waals surface area contributed by atoms with E-state index < -0.39 is 10.8 Å². The maximum atomic E-state index is 12.1. The predicted octanol–water partition coefficient (Wildman–Crippen LogP) is 2.71.